The van der Waals surface area contributed by atoms with E-state index in [1.54, 1.807) is 42.4 Å². The van der Waals surface area contributed by atoms with Crippen LogP contribution in [0.4, 0.5) is 9.18 Å². The van der Waals surface area contributed by atoms with Gasteiger partial charge >= 0.3 is 6.03 Å². The smallest absolute Gasteiger partial charge is 0.325 e. The van der Waals surface area contributed by atoms with E-state index >= 15 is 0 Å². The Bertz CT molecular complexity index is 1010. The van der Waals surface area contributed by atoms with Crippen molar-refractivity contribution < 1.29 is 18.8 Å². The Hall–Kier alpha value is -2.94. The molecule has 2 aliphatic heterocycles. The van der Waals surface area contributed by atoms with Crippen LogP contribution in [0.25, 0.3) is 0 Å². The molecule has 0 spiro atoms. The molecular formula is C24H27FN4O3S. The molecule has 2 fully saturated rings. The maximum absolute atomic E-state index is 13.8. The number of likely N-dealkylation sites (tertiary alicyclic amines) is 1. The Kier molecular flexibility index (Phi) is 6.97. The average molecular weight is 471 g/mol. The average Bonchev–Trinajstić information content (AvgIpc) is 3.10. The lowest BCUT2D eigenvalue weighted by atomic mass is 9.73. The fraction of sp³-hybridized carbons (Fsp3) is 0.417. The van der Waals surface area contributed by atoms with E-state index in [-0.39, 0.29) is 30.1 Å². The van der Waals surface area contributed by atoms with Crippen molar-refractivity contribution in [1.82, 2.24) is 20.1 Å². The number of urea groups is 1. The van der Waals surface area contributed by atoms with Crippen molar-refractivity contribution in [3.8, 4) is 0 Å². The zero-order valence-electron chi connectivity index (χ0n) is 18.5. The third kappa shape index (κ3) is 4.59. The van der Waals surface area contributed by atoms with Gasteiger partial charge in [0.2, 0.25) is 5.91 Å². The molecule has 1 aromatic heterocycles. The molecule has 0 radical (unpaired) electrons. The summed E-state index contributed by atoms with van der Waals surface area (Å²) in [6.45, 7) is 1.14. The number of nitrogens with zero attached hydrogens (tertiary/aromatic N) is 3. The topological polar surface area (TPSA) is 82.6 Å². The van der Waals surface area contributed by atoms with Gasteiger partial charge in [0.05, 0.1) is 6.54 Å². The van der Waals surface area contributed by atoms with Crippen LogP contribution in [0.3, 0.4) is 0 Å². The van der Waals surface area contributed by atoms with E-state index in [4.69, 9.17) is 0 Å². The largest absolute Gasteiger partial charge is 0.343 e. The van der Waals surface area contributed by atoms with Crippen LogP contribution in [-0.2, 0) is 21.7 Å². The molecule has 2 aliphatic rings. The Morgan fingerprint density at radius 1 is 1.21 bits per heavy atom. The van der Waals surface area contributed by atoms with E-state index in [1.807, 2.05) is 17.2 Å². The molecule has 7 nitrogen and oxygen atoms in total. The van der Waals surface area contributed by atoms with Gasteiger partial charge in [0.1, 0.15) is 5.82 Å². The number of halogens is 1. The van der Waals surface area contributed by atoms with Gasteiger partial charge in [0.15, 0.2) is 5.54 Å². The second-order valence-corrected chi connectivity index (χ2v) is 9.38. The first-order chi connectivity index (χ1) is 16.0. The molecule has 3 heterocycles. The molecule has 4 amide bonds. The van der Waals surface area contributed by atoms with E-state index in [2.05, 4.69) is 10.3 Å². The van der Waals surface area contributed by atoms with Gasteiger partial charge in [-0.1, -0.05) is 18.2 Å². The summed E-state index contributed by atoms with van der Waals surface area (Å²) in [4.78, 5) is 46.5. The third-order valence-corrected chi connectivity index (χ3v) is 7.10. The summed E-state index contributed by atoms with van der Waals surface area (Å²) in [5.74, 6) is 0.0149. The standard InChI is InChI=1S/C24H27FN4O3S/c1-33-14-10-21(30)28-12-8-18(9-13-28)24(19-3-2-11-26-15-19)22(31)29(23(32)27-24)16-17-4-6-20(25)7-5-17/h2-7,11,15,18H,8-10,12-14,16H2,1H3,(H,27,32)/t24-/m1/s1. The number of benzene rings is 1. The summed E-state index contributed by atoms with van der Waals surface area (Å²) < 4.78 is 13.3. The molecule has 9 heteroatoms. The second-order valence-electron chi connectivity index (χ2n) is 8.40. The molecule has 1 atom stereocenters. The van der Waals surface area contributed by atoms with Crippen molar-refractivity contribution in [2.45, 2.75) is 31.3 Å². The number of nitrogens with one attached hydrogen (secondary N) is 1. The molecule has 1 aromatic carbocycles. The number of pyridine rings is 1. The van der Waals surface area contributed by atoms with E-state index in [0.29, 0.717) is 43.5 Å². The molecule has 0 bridgehead atoms. The van der Waals surface area contributed by atoms with Crippen LogP contribution in [0.2, 0.25) is 0 Å². The van der Waals surface area contributed by atoms with Crippen LogP contribution in [0.5, 0.6) is 0 Å². The van der Waals surface area contributed by atoms with Gasteiger partial charge in [-0.25, -0.2) is 9.18 Å². The Morgan fingerprint density at radius 3 is 2.58 bits per heavy atom. The summed E-state index contributed by atoms with van der Waals surface area (Å²) in [6, 6.07) is 8.84. The summed E-state index contributed by atoms with van der Waals surface area (Å²) in [7, 11) is 0. The molecule has 0 unspecified atom stereocenters. The molecule has 4 rings (SSSR count). The highest BCUT2D eigenvalue weighted by Gasteiger charge is 2.57. The van der Waals surface area contributed by atoms with Gasteiger partial charge in [-0.15, -0.1) is 0 Å². The first-order valence-electron chi connectivity index (χ1n) is 11.0. The van der Waals surface area contributed by atoms with Crippen molar-refractivity contribution in [2.24, 2.45) is 5.92 Å². The van der Waals surface area contributed by atoms with Gasteiger partial charge < -0.3 is 10.2 Å². The predicted octanol–water partition coefficient (Wildman–Crippen LogP) is 3.16. The molecule has 0 aliphatic carbocycles. The minimum absolute atomic E-state index is 0.0545. The summed E-state index contributed by atoms with van der Waals surface area (Å²) >= 11 is 1.64. The monoisotopic (exact) mass is 470 g/mol. The highest BCUT2D eigenvalue weighted by molar-refractivity contribution is 7.98. The number of amides is 4. The fourth-order valence-corrected chi connectivity index (χ4v) is 5.10. The zero-order chi connectivity index (χ0) is 23.4. The number of carbonyl (C=O) groups excluding carboxylic acids is 3. The molecule has 1 N–H and O–H groups in total. The van der Waals surface area contributed by atoms with Gasteiger partial charge in [-0.3, -0.25) is 19.5 Å². The summed E-state index contributed by atoms with van der Waals surface area (Å²) in [5, 5.41) is 2.98. The Morgan fingerprint density at radius 2 is 1.94 bits per heavy atom. The lowest BCUT2D eigenvalue weighted by Gasteiger charge is -2.41. The second kappa shape index (κ2) is 9.91. The van der Waals surface area contributed by atoms with Crippen molar-refractivity contribution in [3.63, 3.8) is 0 Å². The van der Waals surface area contributed by atoms with Crippen molar-refractivity contribution in [3.05, 3.63) is 65.7 Å². The number of piperidine rings is 1. The molecule has 33 heavy (non-hydrogen) atoms. The van der Waals surface area contributed by atoms with E-state index < -0.39 is 11.6 Å². The van der Waals surface area contributed by atoms with Crippen LogP contribution in [0.1, 0.15) is 30.4 Å². The molecular weight excluding hydrogens is 443 g/mol. The van der Waals surface area contributed by atoms with Crippen molar-refractivity contribution in [2.75, 3.05) is 25.1 Å². The fourth-order valence-electron chi connectivity index (χ4n) is 4.72. The van der Waals surface area contributed by atoms with Crippen molar-refractivity contribution >= 4 is 29.6 Å². The van der Waals surface area contributed by atoms with Gasteiger partial charge in [0.25, 0.3) is 5.91 Å². The van der Waals surface area contributed by atoms with E-state index in [0.717, 1.165) is 5.75 Å². The highest BCUT2D eigenvalue weighted by Crippen LogP contribution is 2.41. The maximum Gasteiger partial charge on any atom is 0.325 e. The first kappa shape index (κ1) is 23.2. The van der Waals surface area contributed by atoms with Crippen LogP contribution in [-0.4, -0.2) is 57.7 Å². The van der Waals surface area contributed by atoms with Gasteiger partial charge in [0, 0.05) is 43.2 Å². The molecule has 174 valence electrons. The maximum atomic E-state index is 13.8. The lowest BCUT2D eigenvalue weighted by Crippen LogP contribution is -2.54. The number of thioether (sulfide) groups is 1. The lowest BCUT2D eigenvalue weighted by molar-refractivity contribution is -0.136. The Labute approximate surface area is 196 Å². The molecule has 2 aromatic rings. The number of carbonyl (C=O) groups is 3. The molecule has 0 saturated carbocycles. The van der Waals surface area contributed by atoms with Crippen LogP contribution in [0.15, 0.2) is 48.8 Å². The number of aromatic nitrogens is 1. The SMILES string of the molecule is CSCCC(=O)N1CCC([C@]2(c3cccnc3)NC(=O)N(Cc3ccc(F)cc3)C2=O)CC1. The summed E-state index contributed by atoms with van der Waals surface area (Å²) in [5.41, 5.74) is 0.0629. The Balaban J connectivity index is 1.59. The van der Waals surface area contributed by atoms with E-state index in [9.17, 15) is 18.8 Å². The van der Waals surface area contributed by atoms with Crippen LogP contribution < -0.4 is 5.32 Å². The number of hydrogen-bond acceptors (Lipinski definition) is 5. The third-order valence-electron chi connectivity index (χ3n) is 6.48. The minimum Gasteiger partial charge on any atom is -0.343 e. The number of hydrogen-bond donors (Lipinski definition) is 1. The minimum atomic E-state index is -1.24. The highest BCUT2D eigenvalue weighted by atomic mass is 32.2. The molecule has 2 saturated heterocycles. The van der Waals surface area contributed by atoms with Crippen molar-refractivity contribution in [1.29, 1.82) is 0 Å². The quantitative estimate of drug-likeness (QED) is 0.629. The van der Waals surface area contributed by atoms with Gasteiger partial charge in [-0.05, 0) is 48.8 Å². The zero-order valence-corrected chi connectivity index (χ0v) is 19.3. The first-order valence-corrected chi connectivity index (χ1v) is 12.4. The normalized spacial score (nSPS) is 21.4. The number of imide groups is 1. The van der Waals surface area contributed by atoms with E-state index in [1.165, 1.54) is 17.0 Å². The van der Waals surface area contributed by atoms with Crippen LogP contribution >= 0.6 is 11.8 Å². The van der Waals surface area contributed by atoms with Crippen LogP contribution in [0, 0.1) is 11.7 Å². The predicted molar refractivity (Wildman–Crippen MR) is 124 cm³/mol. The number of rotatable bonds is 7. The van der Waals surface area contributed by atoms with Gasteiger partial charge in [-0.2, -0.15) is 11.8 Å². The summed E-state index contributed by atoms with van der Waals surface area (Å²) in [6.07, 6.45) is 6.91.